The van der Waals surface area contributed by atoms with E-state index >= 15 is 0 Å². The van der Waals surface area contributed by atoms with Crippen molar-refractivity contribution in [3.63, 3.8) is 0 Å². The first-order chi connectivity index (χ1) is 5.00. The molecule has 11 heavy (non-hydrogen) atoms. The van der Waals surface area contributed by atoms with Gasteiger partial charge in [0.1, 0.15) is 0 Å². The van der Waals surface area contributed by atoms with Crippen LogP contribution in [-0.2, 0) is 4.79 Å². The van der Waals surface area contributed by atoms with E-state index in [4.69, 9.17) is 22.7 Å². The molecule has 0 heterocycles. The van der Waals surface area contributed by atoms with Gasteiger partial charge < -0.3 is 11.1 Å². The predicted octanol–water partition coefficient (Wildman–Crippen LogP) is 1.41. The topological polar surface area (TPSA) is 66.9 Å². The maximum atomic E-state index is 10.7. The van der Waals surface area contributed by atoms with Crippen molar-refractivity contribution in [2.24, 2.45) is 5.73 Å². The molecule has 0 aliphatic rings. The lowest BCUT2D eigenvalue weighted by atomic mass is 10.1. The van der Waals surface area contributed by atoms with E-state index in [1.54, 1.807) is 13.8 Å². The molecule has 0 rings (SSSR count). The minimum atomic E-state index is -0.635. The highest BCUT2D eigenvalue weighted by Crippen LogP contribution is 2.10. The summed E-state index contributed by atoms with van der Waals surface area (Å²) in [7, 11) is 0. The van der Waals surface area contributed by atoms with Gasteiger partial charge in [0.25, 0.3) is 5.91 Å². The van der Waals surface area contributed by atoms with Gasteiger partial charge in [-0.25, -0.2) is 0 Å². The Balaban J connectivity index is 4.79. The second-order valence-electron chi connectivity index (χ2n) is 2.10. The Morgan fingerprint density at radius 2 is 2.09 bits per heavy atom. The van der Waals surface area contributed by atoms with Gasteiger partial charge in [0.15, 0.2) is 0 Å². The molecule has 3 N–H and O–H groups in total. The molecular weight excluding hydrogens is 164 g/mol. The van der Waals surface area contributed by atoms with Crippen molar-refractivity contribution in [3.8, 4) is 0 Å². The summed E-state index contributed by atoms with van der Waals surface area (Å²) in [5, 5.41) is 7.59. The van der Waals surface area contributed by atoms with Gasteiger partial charge in [0.05, 0.1) is 5.57 Å². The molecule has 0 aliphatic carbocycles. The van der Waals surface area contributed by atoms with Gasteiger partial charge in [-0.3, -0.25) is 4.79 Å². The number of allylic oxidation sites excluding steroid dienone is 1. The lowest BCUT2D eigenvalue weighted by molar-refractivity contribution is -0.114. The van der Waals surface area contributed by atoms with Crippen LogP contribution in [0, 0.1) is 5.41 Å². The lowest BCUT2D eigenvalue weighted by Gasteiger charge is -2.02. The average Bonchev–Trinajstić information content (AvgIpc) is 1.85. The highest BCUT2D eigenvalue weighted by molar-refractivity contribution is 6.36. The molecular formula is C7H11ClN2O. The summed E-state index contributed by atoms with van der Waals surface area (Å²) in [6.07, 6.45) is 0.461. The number of primary amides is 1. The number of carbonyl (C=O) groups excluding carboxylic acids is 1. The largest absolute Gasteiger partial charge is 0.366 e. The molecule has 62 valence electrons. The summed E-state index contributed by atoms with van der Waals surface area (Å²) in [4.78, 5) is 10.7. The molecule has 1 amide bonds. The van der Waals surface area contributed by atoms with E-state index in [0.29, 0.717) is 6.42 Å². The van der Waals surface area contributed by atoms with Crippen molar-refractivity contribution in [1.29, 1.82) is 5.41 Å². The van der Waals surface area contributed by atoms with Crippen LogP contribution in [0.5, 0.6) is 0 Å². The van der Waals surface area contributed by atoms with Crippen molar-refractivity contribution >= 4 is 23.2 Å². The van der Waals surface area contributed by atoms with Crippen LogP contribution in [0.4, 0.5) is 0 Å². The van der Waals surface area contributed by atoms with Crippen molar-refractivity contribution in [3.05, 3.63) is 10.6 Å². The van der Waals surface area contributed by atoms with Crippen LogP contribution >= 0.6 is 11.6 Å². The van der Waals surface area contributed by atoms with Crippen LogP contribution in [0.25, 0.3) is 0 Å². The van der Waals surface area contributed by atoms with E-state index < -0.39 is 5.91 Å². The van der Waals surface area contributed by atoms with Gasteiger partial charge in [0, 0.05) is 10.7 Å². The molecule has 0 aromatic rings. The summed E-state index contributed by atoms with van der Waals surface area (Å²) in [6, 6.07) is 0. The summed E-state index contributed by atoms with van der Waals surface area (Å²) >= 11 is 5.55. The van der Waals surface area contributed by atoms with Crippen LogP contribution < -0.4 is 5.73 Å². The fourth-order valence-corrected chi connectivity index (χ4v) is 0.910. The van der Waals surface area contributed by atoms with Crippen molar-refractivity contribution in [1.82, 2.24) is 0 Å². The highest BCUT2D eigenvalue weighted by atomic mass is 35.5. The van der Waals surface area contributed by atoms with E-state index in [0.717, 1.165) is 0 Å². The molecule has 0 aliphatic heterocycles. The van der Waals surface area contributed by atoms with Gasteiger partial charge in [-0.05, 0) is 13.3 Å². The van der Waals surface area contributed by atoms with Gasteiger partial charge in [0.2, 0.25) is 0 Å². The second kappa shape index (κ2) is 4.13. The average molecular weight is 175 g/mol. The van der Waals surface area contributed by atoms with Crippen molar-refractivity contribution in [2.45, 2.75) is 20.3 Å². The third kappa shape index (κ3) is 2.72. The predicted molar refractivity (Wildman–Crippen MR) is 45.8 cm³/mol. The molecule has 0 unspecified atom stereocenters. The van der Waals surface area contributed by atoms with E-state index in [1.165, 1.54) is 0 Å². The zero-order valence-corrected chi connectivity index (χ0v) is 7.33. The molecule has 0 radical (unpaired) electrons. The molecule has 0 saturated heterocycles. The molecule has 0 fully saturated rings. The van der Waals surface area contributed by atoms with E-state index in [9.17, 15) is 4.79 Å². The molecule has 3 nitrogen and oxygen atoms in total. The molecule has 4 heteroatoms. The number of nitrogens with one attached hydrogen (secondary N) is 1. The van der Waals surface area contributed by atoms with Crippen LogP contribution in [0.2, 0.25) is 0 Å². The lowest BCUT2D eigenvalue weighted by Crippen LogP contribution is -2.20. The number of carbonyl (C=O) groups is 1. The number of rotatable bonds is 3. The fourth-order valence-electron chi connectivity index (χ4n) is 0.703. The van der Waals surface area contributed by atoms with Gasteiger partial charge in [-0.2, -0.15) is 0 Å². The first-order valence-corrected chi connectivity index (χ1v) is 3.62. The highest BCUT2D eigenvalue weighted by Gasteiger charge is 2.11. The van der Waals surface area contributed by atoms with Crippen molar-refractivity contribution in [2.75, 3.05) is 0 Å². The Hall–Kier alpha value is -0.830. The summed E-state index contributed by atoms with van der Waals surface area (Å²) in [5.74, 6) is -0.635. The Labute approximate surface area is 70.7 Å². The Kier molecular flexibility index (Phi) is 3.82. The minimum absolute atomic E-state index is 0.133. The molecule has 0 saturated carbocycles. The number of amides is 1. The first-order valence-electron chi connectivity index (χ1n) is 3.24. The normalized spacial score (nSPS) is 12.3. The van der Waals surface area contributed by atoms with Gasteiger partial charge in [-0.1, -0.05) is 18.5 Å². The Bertz CT molecular complexity index is 216. The summed E-state index contributed by atoms with van der Waals surface area (Å²) < 4.78 is 0. The maximum Gasteiger partial charge on any atom is 0.251 e. The third-order valence-corrected chi connectivity index (χ3v) is 1.44. The number of nitrogens with two attached hydrogens (primary N) is 1. The van der Waals surface area contributed by atoms with E-state index in [-0.39, 0.29) is 16.3 Å². The quantitative estimate of drug-likeness (QED) is 0.493. The van der Waals surface area contributed by atoms with E-state index in [2.05, 4.69) is 0 Å². The SMILES string of the molecule is CCC(=N)/C(C(N)=O)=C(\C)Cl. The third-order valence-electron chi connectivity index (χ3n) is 1.25. The van der Waals surface area contributed by atoms with Crippen molar-refractivity contribution < 1.29 is 4.79 Å². The maximum absolute atomic E-state index is 10.7. The summed E-state index contributed by atoms with van der Waals surface area (Å²) in [5.41, 5.74) is 5.31. The molecule has 0 bridgehead atoms. The molecule has 0 aromatic carbocycles. The minimum Gasteiger partial charge on any atom is -0.366 e. The molecule has 0 atom stereocenters. The van der Waals surface area contributed by atoms with E-state index in [1.807, 2.05) is 0 Å². The van der Waals surface area contributed by atoms with Crippen LogP contribution in [0.3, 0.4) is 0 Å². The van der Waals surface area contributed by atoms with Crippen LogP contribution in [0.15, 0.2) is 10.6 Å². The fraction of sp³-hybridized carbons (Fsp3) is 0.429. The number of hydrogen-bond acceptors (Lipinski definition) is 2. The number of halogens is 1. The first kappa shape index (κ1) is 10.2. The zero-order chi connectivity index (χ0) is 9.02. The summed E-state index contributed by atoms with van der Waals surface area (Å²) in [6.45, 7) is 3.32. The number of hydrogen-bond donors (Lipinski definition) is 2. The van der Waals surface area contributed by atoms with Crippen LogP contribution in [0.1, 0.15) is 20.3 Å². The Morgan fingerprint density at radius 1 is 1.64 bits per heavy atom. The van der Waals surface area contributed by atoms with Gasteiger partial charge in [-0.15, -0.1) is 0 Å². The van der Waals surface area contributed by atoms with Gasteiger partial charge >= 0.3 is 0 Å². The monoisotopic (exact) mass is 174 g/mol. The second-order valence-corrected chi connectivity index (χ2v) is 2.67. The zero-order valence-electron chi connectivity index (χ0n) is 6.57. The molecule has 0 aromatic heterocycles. The smallest absolute Gasteiger partial charge is 0.251 e. The van der Waals surface area contributed by atoms with Crippen LogP contribution in [-0.4, -0.2) is 11.6 Å². The molecule has 0 spiro atoms. The standard InChI is InChI=1S/C7H11ClN2O/c1-3-5(9)6(4(2)8)7(10)11/h9H,3H2,1-2H3,(H2,10,11)/b6-4-,9-5?. The Morgan fingerprint density at radius 3 is 2.18 bits per heavy atom.